The molecular weight excluding hydrogens is 415 g/mol. The van der Waals surface area contributed by atoms with E-state index < -0.39 is 5.60 Å². The summed E-state index contributed by atoms with van der Waals surface area (Å²) in [7, 11) is 0. The lowest BCUT2D eigenvalue weighted by Crippen LogP contribution is -2.44. The number of hydrogen-bond donors (Lipinski definition) is 2. The monoisotopic (exact) mass is 448 g/mol. The van der Waals surface area contributed by atoms with Crippen LogP contribution in [0, 0.1) is 0 Å². The SMILES string of the molecule is CCNC(=NCC1(O)CCCCC1)N1CCC(N2CC=CC2)C1.I. The molecule has 3 aliphatic rings. The van der Waals surface area contributed by atoms with Gasteiger partial charge in [-0.15, -0.1) is 24.0 Å². The number of halogens is 1. The summed E-state index contributed by atoms with van der Waals surface area (Å²) in [5, 5.41) is 14.1. The quantitative estimate of drug-likeness (QED) is 0.300. The summed E-state index contributed by atoms with van der Waals surface area (Å²) >= 11 is 0. The summed E-state index contributed by atoms with van der Waals surface area (Å²) in [4.78, 5) is 9.71. The third kappa shape index (κ3) is 5.08. The van der Waals surface area contributed by atoms with Crippen LogP contribution in [-0.2, 0) is 0 Å². The van der Waals surface area contributed by atoms with Crippen LogP contribution in [0.4, 0.5) is 0 Å². The predicted molar refractivity (Wildman–Crippen MR) is 110 cm³/mol. The van der Waals surface area contributed by atoms with Crippen molar-refractivity contribution in [1.82, 2.24) is 15.1 Å². The molecule has 0 aromatic rings. The highest BCUT2D eigenvalue weighted by Gasteiger charge is 2.32. The van der Waals surface area contributed by atoms with Gasteiger partial charge in [0.15, 0.2) is 5.96 Å². The van der Waals surface area contributed by atoms with Gasteiger partial charge in [-0.3, -0.25) is 9.89 Å². The lowest BCUT2D eigenvalue weighted by Gasteiger charge is -2.31. The van der Waals surface area contributed by atoms with Gasteiger partial charge in [0, 0.05) is 38.8 Å². The Bertz CT molecular complexity index is 440. The van der Waals surface area contributed by atoms with Gasteiger partial charge in [-0.25, -0.2) is 0 Å². The van der Waals surface area contributed by atoms with Gasteiger partial charge in [-0.05, 0) is 26.2 Å². The van der Waals surface area contributed by atoms with Gasteiger partial charge in [0.05, 0.1) is 12.1 Å². The molecule has 24 heavy (non-hydrogen) atoms. The molecule has 1 saturated carbocycles. The average Bonchev–Trinajstić information content (AvgIpc) is 3.23. The normalized spacial score (nSPS) is 27.3. The largest absolute Gasteiger partial charge is 0.388 e. The Balaban J connectivity index is 0.00000208. The lowest BCUT2D eigenvalue weighted by atomic mass is 9.85. The second-order valence-electron chi connectivity index (χ2n) is 7.27. The molecule has 2 heterocycles. The van der Waals surface area contributed by atoms with Crippen LogP contribution >= 0.6 is 24.0 Å². The van der Waals surface area contributed by atoms with Gasteiger partial charge in [0.2, 0.25) is 0 Å². The molecule has 3 rings (SSSR count). The molecule has 1 saturated heterocycles. The molecule has 6 heteroatoms. The van der Waals surface area contributed by atoms with Crippen molar-refractivity contribution in [2.24, 2.45) is 4.99 Å². The number of nitrogens with one attached hydrogen (secondary N) is 1. The molecule has 1 aliphatic carbocycles. The standard InChI is InChI=1S/C18H32N4O.HI/c1-2-19-17(20-15-18(23)9-4-3-5-10-18)22-13-8-16(14-22)21-11-6-7-12-21;/h6-7,16,23H,2-5,8-15H2,1H3,(H,19,20);1H. The van der Waals surface area contributed by atoms with E-state index in [0.717, 1.165) is 64.4 Å². The third-order valence-electron chi connectivity index (χ3n) is 5.47. The highest BCUT2D eigenvalue weighted by molar-refractivity contribution is 14.0. The molecule has 2 aliphatic heterocycles. The van der Waals surface area contributed by atoms with Gasteiger partial charge < -0.3 is 15.3 Å². The molecule has 2 N–H and O–H groups in total. The van der Waals surface area contributed by atoms with Crippen molar-refractivity contribution >= 4 is 29.9 Å². The van der Waals surface area contributed by atoms with Crippen LogP contribution in [0.3, 0.4) is 0 Å². The Morgan fingerprint density at radius 2 is 1.96 bits per heavy atom. The van der Waals surface area contributed by atoms with Crippen molar-refractivity contribution in [1.29, 1.82) is 0 Å². The molecule has 0 aromatic carbocycles. The average molecular weight is 448 g/mol. The van der Waals surface area contributed by atoms with Gasteiger partial charge in [-0.1, -0.05) is 31.4 Å². The molecule has 0 bridgehead atoms. The molecular formula is C18H33IN4O. The fraction of sp³-hybridized carbons (Fsp3) is 0.833. The fourth-order valence-corrected chi connectivity index (χ4v) is 4.04. The zero-order chi connectivity index (χ0) is 16.1. The third-order valence-corrected chi connectivity index (χ3v) is 5.47. The topological polar surface area (TPSA) is 51.1 Å². The summed E-state index contributed by atoms with van der Waals surface area (Å²) in [5.74, 6) is 0.987. The predicted octanol–water partition coefficient (Wildman–Crippen LogP) is 2.21. The number of likely N-dealkylation sites (tertiary alicyclic amines) is 1. The van der Waals surface area contributed by atoms with E-state index in [1.807, 2.05) is 0 Å². The minimum absolute atomic E-state index is 0. The van der Waals surface area contributed by atoms with E-state index in [-0.39, 0.29) is 24.0 Å². The van der Waals surface area contributed by atoms with Crippen LogP contribution < -0.4 is 5.32 Å². The minimum Gasteiger partial charge on any atom is -0.388 e. The van der Waals surface area contributed by atoms with E-state index in [2.05, 4.69) is 34.2 Å². The zero-order valence-corrected chi connectivity index (χ0v) is 17.2. The summed E-state index contributed by atoms with van der Waals surface area (Å²) in [6.45, 7) is 7.82. The number of nitrogens with zero attached hydrogens (tertiary/aromatic N) is 3. The van der Waals surface area contributed by atoms with Crippen LogP contribution in [0.25, 0.3) is 0 Å². The van der Waals surface area contributed by atoms with E-state index in [1.54, 1.807) is 0 Å². The first kappa shape index (κ1) is 20.0. The first-order valence-electron chi connectivity index (χ1n) is 9.35. The van der Waals surface area contributed by atoms with E-state index >= 15 is 0 Å². The van der Waals surface area contributed by atoms with Crippen LogP contribution in [0.15, 0.2) is 17.1 Å². The Morgan fingerprint density at radius 1 is 1.25 bits per heavy atom. The summed E-state index contributed by atoms with van der Waals surface area (Å²) in [6.07, 6.45) is 11.1. The van der Waals surface area contributed by atoms with Crippen LogP contribution in [-0.4, -0.2) is 71.8 Å². The van der Waals surface area contributed by atoms with Gasteiger partial charge >= 0.3 is 0 Å². The number of hydrogen-bond acceptors (Lipinski definition) is 3. The smallest absolute Gasteiger partial charge is 0.194 e. The Morgan fingerprint density at radius 3 is 2.62 bits per heavy atom. The summed E-state index contributed by atoms with van der Waals surface area (Å²) in [6, 6.07) is 0.631. The number of aliphatic hydroxyl groups is 1. The van der Waals surface area contributed by atoms with Crippen LogP contribution in [0.1, 0.15) is 45.4 Å². The second-order valence-corrected chi connectivity index (χ2v) is 7.27. The highest BCUT2D eigenvalue weighted by Crippen LogP contribution is 2.28. The van der Waals surface area contributed by atoms with E-state index in [0.29, 0.717) is 12.6 Å². The van der Waals surface area contributed by atoms with Crippen molar-refractivity contribution in [3.63, 3.8) is 0 Å². The van der Waals surface area contributed by atoms with E-state index in [1.165, 1.54) is 12.8 Å². The molecule has 138 valence electrons. The zero-order valence-electron chi connectivity index (χ0n) is 14.9. The molecule has 0 amide bonds. The molecule has 0 aromatic heterocycles. The Hall–Kier alpha value is -0.340. The maximum absolute atomic E-state index is 10.7. The number of rotatable bonds is 4. The van der Waals surface area contributed by atoms with Crippen LogP contribution in [0.5, 0.6) is 0 Å². The molecule has 5 nitrogen and oxygen atoms in total. The van der Waals surface area contributed by atoms with Crippen molar-refractivity contribution < 1.29 is 5.11 Å². The molecule has 1 atom stereocenters. The maximum Gasteiger partial charge on any atom is 0.194 e. The maximum atomic E-state index is 10.7. The first-order chi connectivity index (χ1) is 11.2. The van der Waals surface area contributed by atoms with Gasteiger partial charge in [0.1, 0.15) is 0 Å². The summed E-state index contributed by atoms with van der Waals surface area (Å²) in [5.41, 5.74) is -0.573. The number of guanidine groups is 1. The van der Waals surface area contributed by atoms with Crippen LogP contribution in [0.2, 0.25) is 0 Å². The van der Waals surface area contributed by atoms with Gasteiger partial charge in [-0.2, -0.15) is 0 Å². The molecule has 2 fully saturated rings. The lowest BCUT2D eigenvalue weighted by molar-refractivity contribution is 0.0130. The number of aliphatic imine (C=N–C) groups is 1. The minimum atomic E-state index is -0.573. The Labute approximate surface area is 163 Å². The Kier molecular flexibility index (Phi) is 7.81. The first-order valence-corrected chi connectivity index (χ1v) is 9.35. The summed E-state index contributed by atoms with van der Waals surface area (Å²) < 4.78 is 0. The van der Waals surface area contributed by atoms with Crippen molar-refractivity contribution in [3.05, 3.63) is 12.2 Å². The van der Waals surface area contributed by atoms with Crippen molar-refractivity contribution in [3.8, 4) is 0 Å². The highest BCUT2D eigenvalue weighted by atomic mass is 127. The molecule has 1 unspecified atom stereocenters. The van der Waals surface area contributed by atoms with Crippen molar-refractivity contribution in [2.45, 2.75) is 57.1 Å². The van der Waals surface area contributed by atoms with Crippen molar-refractivity contribution in [2.75, 3.05) is 39.3 Å². The second kappa shape index (κ2) is 9.38. The molecule has 0 spiro atoms. The van der Waals surface area contributed by atoms with E-state index in [9.17, 15) is 5.11 Å². The molecule has 0 radical (unpaired) electrons. The fourth-order valence-electron chi connectivity index (χ4n) is 4.04. The van der Waals surface area contributed by atoms with E-state index in [4.69, 9.17) is 4.99 Å². The van der Waals surface area contributed by atoms with Gasteiger partial charge in [0.25, 0.3) is 0 Å².